The van der Waals surface area contributed by atoms with Crippen LogP contribution in [0.15, 0.2) is 18.2 Å². The molecule has 1 atom stereocenters. The van der Waals surface area contributed by atoms with E-state index < -0.39 is 0 Å². The molecule has 0 aromatic heterocycles. The summed E-state index contributed by atoms with van der Waals surface area (Å²) >= 11 is 6.48. The quantitative estimate of drug-likeness (QED) is 0.747. The fourth-order valence-corrected chi connectivity index (χ4v) is 3.45. The van der Waals surface area contributed by atoms with Gasteiger partial charge < -0.3 is 10.2 Å². The first kappa shape index (κ1) is 15.7. The molecule has 20 heavy (non-hydrogen) atoms. The smallest absolute Gasteiger partial charge is 0.0642 e. The van der Waals surface area contributed by atoms with Gasteiger partial charge in [0.1, 0.15) is 0 Å². The summed E-state index contributed by atoms with van der Waals surface area (Å²) < 4.78 is 0. The number of rotatable bonds is 7. The summed E-state index contributed by atoms with van der Waals surface area (Å²) in [5, 5.41) is 4.39. The van der Waals surface area contributed by atoms with Gasteiger partial charge in [-0.05, 0) is 43.4 Å². The lowest BCUT2D eigenvalue weighted by Gasteiger charge is -2.24. The van der Waals surface area contributed by atoms with Crippen molar-refractivity contribution < 1.29 is 0 Å². The van der Waals surface area contributed by atoms with Gasteiger partial charge in [0.25, 0.3) is 0 Å². The zero-order valence-electron chi connectivity index (χ0n) is 12.8. The minimum atomic E-state index is 0.840. The predicted molar refractivity (Wildman–Crippen MR) is 88.7 cm³/mol. The highest BCUT2D eigenvalue weighted by molar-refractivity contribution is 6.33. The van der Waals surface area contributed by atoms with Crippen LogP contribution in [0.2, 0.25) is 5.02 Å². The molecule has 112 valence electrons. The van der Waals surface area contributed by atoms with Gasteiger partial charge in [0.15, 0.2) is 0 Å². The van der Waals surface area contributed by atoms with Crippen molar-refractivity contribution in [1.29, 1.82) is 0 Å². The third-order valence-corrected chi connectivity index (χ3v) is 4.42. The molecule has 0 spiro atoms. The number of anilines is 1. The monoisotopic (exact) mass is 294 g/mol. The minimum absolute atomic E-state index is 0.840. The maximum Gasteiger partial charge on any atom is 0.0642 e. The van der Waals surface area contributed by atoms with E-state index in [0.717, 1.165) is 37.0 Å². The Morgan fingerprint density at radius 2 is 2.15 bits per heavy atom. The number of hydrogen-bond donors (Lipinski definition) is 1. The summed E-state index contributed by atoms with van der Waals surface area (Å²) in [5.41, 5.74) is 2.60. The van der Waals surface area contributed by atoms with E-state index in [0.29, 0.717) is 0 Å². The number of benzene rings is 1. The third-order valence-electron chi connectivity index (χ3n) is 4.11. The topological polar surface area (TPSA) is 15.3 Å². The molecule has 1 aliphatic heterocycles. The first-order valence-electron chi connectivity index (χ1n) is 7.99. The molecule has 1 aromatic rings. The van der Waals surface area contributed by atoms with E-state index >= 15 is 0 Å². The van der Waals surface area contributed by atoms with Gasteiger partial charge in [0.2, 0.25) is 0 Å². The van der Waals surface area contributed by atoms with E-state index in [1.807, 2.05) is 6.07 Å². The van der Waals surface area contributed by atoms with Gasteiger partial charge in [-0.1, -0.05) is 44.0 Å². The largest absolute Gasteiger partial charge is 0.370 e. The van der Waals surface area contributed by atoms with Crippen LogP contribution in [-0.2, 0) is 6.54 Å². The molecule has 3 heteroatoms. The first-order valence-corrected chi connectivity index (χ1v) is 8.37. The van der Waals surface area contributed by atoms with Gasteiger partial charge in [-0.2, -0.15) is 0 Å². The molecule has 1 heterocycles. The molecule has 2 nitrogen and oxygen atoms in total. The van der Waals surface area contributed by atoms with E-state index in [1.54, 1.807) is 0 Å². The van der Waals surface area contributed by atoms with Gasteiger partial charge in [0.05, 0.1) is 10.7 Å². The Kier molecular flexibility index (Phi) is 6.18. The molecule has 1 saturated heterocycles. The molecular weight excluding hydrogens is 268 g/mol. The van der Waals surface area contributed by atoms with Crippen LogP contribution in [0.25, 0.3) is 0 Å². The maximum atomic E-state index is 6.48. The molecule has 1 aliphatic rings. The normalized spacial score (nSPS) is 18.8. The molecule has 0 bridgehead atoms. The highest BCUT2D eigenvalue weighted by atomic mass is 35.5. The zero-order chi connectivity index (χ0) is 14.4. The van der Waals surface area contributed by atoms with Crippen molar-refractivity contribution in [1.82, 2.24) is 5.32 Å². The summed E-state index contributed by atoms with van der Waals surface area (Å²) in [6.07, 6.45) is 5.09. The second kappa shape index (κ2) is 7.90. The van der Waals surface area contributed by atoms with Gasteiger partial charge in [0, 0.05) is 19.6 Å². The number of nitrogens with one attached hydrogen (secondary N) is 1. The lowest BCUT2D eigenvalue weighted by molar-refractivity contribution is 0.529. The summed E-state index contributed by atoms with van der Waals surface area (Å²) in [7, 11) is 0. The van der Waals surface area contributed by atoms with Crippen LogP contribution in [-0.4, -0.2) is 19.6 Å². The van der Waals surface area contributed by atoms with Gasteiger partial charge >= 0.3 is 0 Å². The molecule has 0 radical (unpaired) electrons. The Hall–Kier alpha value is -0.730. The molecule has 1 unspecified atom stereocenters. The zero-order valence-corrected chi connectivity index (χ0v) is 13.5. The molecule has 2 rings (SSSR count). The molecule has 1 N–H and O–H groups in total. The number of halogens is 1. The van der Waals surface area contributed by atoms with Gasteiger partial charge in [-0.25, -0.2) is 0 Å². The summed E-state index contributed by atoms with van der Waals surface area (Å²) in [4.78, 5) is 2.49. The molecule has 0 saturated carbocycles. The van der Waals surface area contributed by atoms with Crippen LogP contribution >= 0.6 is 11.6 Å². The average Bonchev–Trinajstić information content (AvgIpc) is 2.88. The van der Waals surface area contributed by atoms with Crippen molar-refractivity contribution >= 4 is 17.3 Å². The lowest BCUT2D eigenvalue weighted by Crippen LogP contribution is -2.23. The van der Waals surface area contributed by atoms with Crippen LogP contribution in [0.3, 0.4) is 0 Å². The van der Waals surface area contributed by atoms with Crippen molar-refractivity contribution in [3.05, 3.63) is 28.8 Å². The first-order chi connectivity index (χ1) is 9.76. The van der Waals surface area contributed by atoms with Crippen molar-refractivity contribution in [2.24, 2.45) is 5.92 Å². The number of hydrogen-bond acceptors (Lipinski definition) is 2. The van der Waals surface area contributed by atoms with Gasteiger partial charge in [-0.15, -0.1) is 0 Å². The fourth-order valence-electron chi connectivity index (χ4n) is 3.14. The van der Waals surface area contributed by atoms with Crippen LogP contribution in [0, 0.1) is 5.92 Å². The minimum Gasteiger partial charge on any atom is -0.370 e. The Morgan fingerprint density at radius 1 is 1.30 bits per heavy atom. The maximum absolute atomic E-state index is 6.48. The van der Waals surface area contributed by atoms with E-state index in [-0.39, 0.29) is 0 Å². The van der Waals surface area contributed by atoms with Crippen molar-refractivity contribution in [3.8, 4) is 0 Å². The van der Waals surface area contributed by atoms with Crippen molar-refractivity contribution in [2.75, 3.05) is 24.5 Å². The Balaban J connectivity index is 2.09. The van der Waals surface area contributed by atoms with Crippen LogP contribution in [0.4, 0.5) is 5.69 Å². The number of nitrogens with zero attached hydrogens (tertiary/aromatic N) is 1. The second-order valence-corrected chi connectivity index (χ2v) is 6.22. The summed E-state index contributed by atoms with van der Waals surface area (Å²) in [6, 6.07) is 6.29. The van der Waals surface area contributed by atoms with E-state index in [9.17, 15) is 0 Å². The SMILES string of the molecule is CCCNCc1cccc(Cl)c1N1CCC(CCC)C1. The number of para-hydroxylation sites is 1. The highest BCUT2D eigenvalue weighted by Gasteiger charge is 2.24. The standard InChI is InChI=1S/C17H27ClN2/c1-3-6-14-9-11-20(13-14)17-15(12-19-10-4-2)7-5-8-16(17)18/h5,7-8,14,19H,3-4,6,9-13H2,1-2H3. The molecule has 1 aromatic carbocycles. The lowest BCUT2D eigenvalue weighted by atomic mass is 10.0. The average molecular weight is 295 g/mol. The van der Waals surface area contributed by atoms with E-state index in [1.165, 1.54) is 37.1 Å². The Morgan fingerprint density at radius 3 is 2.90 bits per heavy atom. The van der Waals surface area contributed by atoms with Crippen LogP contribution < -0.4 is 10.2 Å². The second-order valence-electron chi connectivity index (χ2n) is 5.81. The van der Waals surface area contributed by atoms with E-state index in [2.05, 4.69) is 36.2 Å². The van der Waals surface area contributed by atoms with Crippen molar-refractivity contribution in [2.45, 2.75) is 46.1 Å². The molecule has 1 fully saturated rings. The molecule has 0 aliphatic carbocycles. The predicted octanol–water partition coefficient (Wildman–Crippen LogP) is 4.47. The Labute approximate surface area is 128 Å². The van der Waals surface area contributed by atoms with Crippen LogP contribution in [0.5, 0.6) is 0 Å². The molecular formula is C17H27ClN2. The van der Waals surface area contributed by atoms with Crippen LogP contribution in [0.1, 0.15) is 45.1 Å². The van der Waals surface area contributed by atoms with Crippen molar-refractivity contribution in [3.63, 3.8) is 0 Å². The third kappa shape index (κ3) is 3.89. The fraction of sp³-hybridized carbons (Fsp3) is 0.647. The Bertz CT molecular complexity index is 419. The summed E-state index contributed by atoms with van der Waals surface area (Å²) in [5.74, 6) is 0.840. The summed E-state index contributed by atoms with van der Waals surface area (Å²) in [6.45, 7) is 8.76. The molecule has 0 amide bonds. The highest BCUT2D eigenvalue weighted by Crippen LogP contribution is 2.34. The van der Waals surface area contributed by atoms with E-state index in [4.69, 9.17) is 11.6 Å². The van der Waals surface area contributed by atoms with Gasteiger partial charge in [-0.3, -0.25) is 0 Å².